The molecule has 1 fully saturated rings. The van der Waals surface area contributed by atoms with Crippen LogP contribution >= 0.6 is 0 Å². The van der Waals surface area contributed by atoms with Crippen molar-refractivity contribution in [2.45, 2.75) is 120 Å². The van der Waals surface area contributed by atoms with Crippen molar-refractivity contribution < 1.29 is 4.39 Å². The van der Waals surface area contributed by atoms with Crippen LogP contribution in [0.25, 0.3) is 0 Å². The van der Waals surface area contributed by atoms with Crippen LogP contribution in [0.1, 0.15) is 115 Å². The van der Waals surface area contributed by atoms with E-state index in [4.69, 9.17) is 5.73 Å². The molecular weight excluding hydrogens is 345 g/mol. The number of nitrogens with two attached hydrogens (primary N) is 1. The predicted molar refractivity (Wildman–Crippen MR) is 131 cm³/mol. The van der Waals surface area contributed by atoms with E-state index in [0.717, 1.165) is 11.8 Å². The standard InChI is InChI=1S/C8H14FN.C8H16.C4H10.C4H8.C2H6/c1-5-7(10)6(2)8(3,4)9;1-2-8-6-4-3-5-7-8;2*1-4(2)3;1-2/h5H,2,10H2,1,3-4H3;8H,2-7H2,1H3;4H,1-3H3;1H2,2-3H3;1-2H3/b7-5+;;;;. The third-order valence-electron chi connectivity index (χ3n) is 3.68. The Kier molecular flexibility index (Phi) is 27.4. The van der Waals surface area contributed by atoms with Gasteiger partial charge < -0.3 is 5.73 Å². The van der Waals surface area contributed by atoms with Crippen molar-refractivity contribution in [3.8, 4) is 0 Å². The van der Waals surface area contributed by atoms with E-state index in [-0.39, 0.29) is 0 Å². The molecule has 1 aliphatic rings. The quantitative estimate of drug-likeness (QED) is 0.371. The highest BCUT2D eigenvalue weighted by Crippen LogP contribution is 2.25. The summed E-state index contributed by atoms with van der Waals surface area (Å²) in [5, 5.41) is 0. The minimum absolute atomic E-state index is 0.343. The molecule has 2 heteroatoms. The van der Waals surface area contributed by atoms with Gasteiger partial charge in [-0.1, -0.05) is 98.3 Å². The molecule has 1 saturated carbocycles. The minimum Gasteiger partial charge on any atom is -0.399 e. The largest absolute Gasteiger partial charge is 0.399 e. The highest BCUT2D eigenvalue weighted by Gasteiger charge is 2.20. The number of hydrogen-bond donors (Lipinski definition) is 1. The SMILES string of the molecule is C=C(/C(N)=C\C)C(C)(C)F.C=C(C)C.CC.CC(C)C.CCC1CCCCC1. The molecule has 0 aromatic carbocycles. The summed E-state index contributed by atoms with van der Waals surface area (Å²) in [5.41, 5.74) is 5.95. The molecular formula is C26H54FN. The summed E-state index contributed by atoms with van der Waals surface area (Å²) in [5.74, 6) is 1.92. The molecule has 28 heavy (non-hydrogen) atoms. The normalized spacial score (nSPS) is 14.0. The van der Waals surface area contributed by atoms with Crippen molar-refractivity contribution >= 4 is 0 Å². The van der Waals surface area contributed by atoms with E-state index in [1.54, 1.807) is 13.0 Å². The number of rotatable bonds is 3. The highest BCUT2D eigenvalue weighted by molar-refractivity contribution is 5.31. The number of hydrogen-bond acceptors (Lipinski definition) is 1. The van der Waals surface area contributed by atoms with Crippen LogP contribution in [0.3, 0.4) is 0 Å². The summed E-state index contributed by atoms with van der Waals surface area (Å²) >= 11 is 0. The molecule has 0 aromatic heterocycles. The Morgan fingerprint density at radius 2 is 1.39 bits per heavy atom. The van der Waals surface area contributed by atoms with Gasteiger partial charge in [0.2, 0.25) is 0 Å². The van der Waals surface area contributed by atoms with Gasteiger partial charge in [0.1, 0.15) is 5.67 Å². The zero-order chi connectivity index (χ0) is 23.3. The Hall–Kier alpha value is -1.05. The Balaban J connectivity index is -0.000000143. The molecule has 0 aromatic rings. The van der Waals surface area contributed by atoms with Gasteiger partial charge >= 0.3 is 0 Å². The molecule has 0 spiro atoms. The van der Waals surface area contributed by atoms with Crippen LogP contribution in [0.2, 0.25) is 0 Å². The summed E-state index contributed by atoms with van der Waals surface area (Å²) < 4.78 is 13.0. The molecule has 1 aliphatic carbocycles. The van der Waals surface area contributed by atoms with E-state index in [0.29, 0.717) is 11.3 Å². The van der Waals surface area contributed by atoms with E-state index in [2.05, 4.69) is 40.9 Å². The average molecular weight is 400 g/mol. The van der Waals surface area contributed by atoms with Gasteiger partial charge in [-0.15, -0.1) is 6.58 Å². The summed E-state index contributed by atoms with van der Waals surface area (Å²) in [7, 11) is 0. The molecule has 0 heterocycles. The van der Waals surface area contributed by atoms with Crippen LogP contribution in [0, 0.1) is 11.8 Å². The number of halogens is 1. The van der Waals surface area contributed by atoms with Crippen LogP contribution in [-0.2, 0) is 0 Å². The van der Waals surface area contributed by atoms with Crippen LogP contribution in [-0.4, -0.2) is 5.67 Å². The lowest BCUT2D eigenvalue weighted by Crippen LogP contribution is -2.19. The second kappa shape index (κ2) is 22.2. The first-order valence-corrected chi connectivity index (χ1v) is 11.2. The van der Waals surface area contributed by atoms with Gasteiger partial charge in [-0.05, 0) is 46.5 Å². The van der Waals surface area contributed by atoms with E-state index in [1.807, 2.05) is 27.7 Å². The third-order valence-corrected chi connectivity index (χ3v) is 3.68. The zero-order valence-corrected chi connectivity index (χ0v) is 21.3. The third kappa shape index (κ3) is 32.6. The summed E-state index contributed by atoms with van der Waals surface area (Å²) in [6.45, 7) is 28.5. The molecule has 0 amide bonds. The van der Waals surface area contributed by atoms with Crippen molar-refractivity contribution in [2.75, 3.05) is 0 Å². The van der Waals surface area contributed by atoms with E-state index >= 15 is 0 Å². The van der Waals surface area contributed by atoms with Crippen LogP contribution in [0.5, 0.6) is 0 Å². The first-order chi connectivity index (χ1) is 12.8. The smallest absolute Gasteiger partial charge is 0.131 e. The second-order valence-electron chi connectivity index (χ2n) is 8.55. The maximum atomic E-state index is 13.0. The molecule has 0 bridgehead atoms. The Morgan fingerprint density at radius 3 is 1.54 bits per heavy atom. The van der Waals surface area contributed by atoms with Crippen molar-refractivity contribution in [2.24, 2.45) is 17.6 Å². The Morgan fingerprint density at radius 1 is 1.07 bits per heavy atom. The van der Waals surface area contributed by atoms with E-state index < -0.39 is 5.67 Å². The number of alkyl halides is 1. The van der Waals surface area contributed by atoms with E-state index in [1.165, 1.54) is 57.9 Å². The Bertz CT molecular complexity index is 373. The van der Waals surface area contributed by atoms with Gasteiger partial charge in [0.05, 0.1) is 0 Å². The fraction of sp³-hybridized carbons (Fsp3) is 0.769. The lowest BCUT2D eigenvalue weighted by atomic mass is 9.88. The first-order valence-electron chi connectivity index (χ1n) is 11.2. The maximum Gasteiger partial charge on any atom is 0.131 e. The molecule has 0 unspecified atom stereocenters. The van der Waals surface area contributed by atoms with Crippen LogP contribution in [0.4, 0.5) is 4.39 Å². The molecule has 0 radical (unpaired) electrons. The van der Waals surface area contributed by atoms with Gasteiger partial charge in [-0.25, -0.2) is 4.39 Å². The lowest BCUT2D eigenvalue weighted by molar-refractivity contribution is 0.272. The molecule has 1 nitrogen and oxygen atoms in total. The average Bonchev–Trinajstić information content (AvgIpc) is 2.61. The summed E-state index contributed by atoms with van der Waals surface area (Å²) in [6.07, 6.45) is 10.6. The summed E-state index contributed by atoms with van der Waals surface area (Å²) in [4.78, 5) is 0. The molecule has 0 saturated heterocycles. The lowest BCUT2D eigenvalue weighted by Gasteiger charge is -2.18. The van der Waals surface area contributed by atoms with Crippen LogP contribution < -0.4 is 5.73 Å². The molecule has 2 N–H and O–H groups in total. The topological polar surface area (TPSA) is 26.0 Å². The molecule has 1 rings (SSSR count). The van der Waals surface area contributed by atoms with Gasteiger partial charge in [0, 0.05) is 11.3 Å². The Labute approximate surface area is 178 Å². The van der Waals surface area contributed by atoms with Gasteiger partial charge in [-0.2, -0.15) is 0 Å². The van der Waals surface area contributed by atoms with Crippen molar-refractivity contribution in [1.29, 1.82) is 0 Å². The first kappa shape index (κ1) is 34.5. The maximum absolute atomic E-state index is 13.0. The van der Waals surface area contributed by atoms with Gasteiger partial charge in [0.25, 0.3) is 0 Å². The van der Waals surface area contributed by atoms with Crippen LogP contribution in [0.15, 0.2) is 36.1 Å². The molecule has 0 aliphatic heterocycles. The highest BCUT2D eigenvalue weighted by atomic mass is 19.1. The minimum atomic E-state index is -1.41. The predicted octanol–water partition coefficient (Wildman–Crippen LogP) is 9.40. The van der Waals surface area contributed by atoms with Crippen molar-refractivity contribution in [1.82, 2.24) is 0 Å². The van der Waals surface area contributed by atoms with Gasteiger partial charge in [0.15, 0.2) is 0 Å². The second-order valence-corrected chi connectivity index (χ2v) is 8.55. The van der Waals surface area contributed by atoms with Crippen molar-refractivity contribution in [3.63, 3.8) is 0 Å². The van der Waals surface area contributed by atoms with Crippen molar-refractivity contribution in [3.05, 3.63) is 36.1 Å². The van der Waals surface area contributed by atoms with Gasteiger partial charge in [-0.3, -0.25) is 0 Å². The monoisotopic (exact) mass is 399 g/mol. The van der Waals surface area contributed by atoms with E-state index in [9.17, 15) is 4.39 Å². The zero-order valence-electron chi connectivity index (χ0n) is 21.3. The molecule has 170 valence electrons. The molecule has 0 atom stereocenters. The summed E-state index contributed by atoms with van der Waals surface area (Å²) in [6, 6.07) is 0. The fourth-order valence-corrected chi connectivity index (χ4v) is 2.11. The number of allylic oxidation sites excluding steroid dienone is 3. The fourth-order valence-electron chi connectivity index (χ4n) is 2.11.